The van der Waals surface area contributed by atoms with Gasteiger partial charge in [0.25, 0.3) is 5.91 Å². The van der Waals surface area contributed by atoms with Crippen LogP contribution in [0.1, 0.15) is 66.6 Å². The summed E-state index contributed by atoms with van der Waals surface area (Å²) in [4.78, 5) is 15.4. The maximum absolute atomic E-state index is 13.3. The maximum atomic E-state index is 13.3. The first kappa shape index (κ1) is 21.1. The first-order valence-corrected chi connectivity index (χ1v) is 12.3. The number of likely N-dealkylation sites (tertiary alicyclic amines) is 1. The zero-order valence-electron chi connectivity index (χ0n) is 17.8. The predicted octanol–water partition coefficient (Wildman–Crippen LogP) is 4.54. The third-order valence-electron chi connectivity index (χ3n) is 6.41. The van der Waals surface area contributed by atoms with Crippen molar-refractivity contribution in [2.45, 2.75) is 62.9 Å². The van der Waals surface area contributed by atoms with Gasteiger partial charge in [0.05, 0.1) is 10.9 Å². The smallest absolute Gasteiger partial charge is 0.254 e. The van der Waals surface area contributed by atoms with E-state index in [0.29, 0.717) is 18.7 Å². The van der Waals surface area contributed by atoms with Crippen molar-refractivity contribution in [3.63, 3.8) is 0 Å². The Balaban J connectivity index is 1.60. The first-order chi connectivity index (χ1) is 14.4. The molecule has 2 aliphatic rings. The molecule has 160 valence electrons. The lowest BCUT2D eigenvalue weighted by Crippen LogP contribution is -2.42. The summed E-state index contributed by atoms with van der Waals surface area (Å²) >= 11 is 0. The highest BCUT2D eigenvalue weighted by Crippen LogP contribution is 2.34. The molecule has 2 aliphatic heterocycles. The van der Waals surface area contributed by atoms with E-state index < -0.39 is 10.0 Å². The topological polar surface area (TPSA) is 57.7 Å². The van der Waals surface area contributed by atoms with Crippen molar-refractivity contribution < 1.29 is 13.2 Å². The molecule has 30 heavy (non-hydrogen) atoms. The molecule has 2 fully saturated rings. The molecule has 2 unspecified atom stereocenters. The number of amides is 1. The van der Waals surface area contributed by atoms with Crippen LogP contribution in [0.5, 0.6) is 0 Å². The second-order valence-electron chi connectivity index (χ2n) is 8.56. The quantitative estimate of drug-likeness (QED) is 0.721. The van der Waals surface area contributed by atoms with Gasteiger partial charge in [-0.3, -0.25) is 4.79 Å². The van der Waals surface area contributed by atoms with Gasteiger partial charge in [-0.2, -0.15) is 4.31 Å². The average molecular weight is 427 g/mol. The SMILES string of the molecule is Cc1ccc(C2CCCN2C(=O)c2cccc(S(=O)(=O)N3CCCCC3C)c2)cc1. The molecule has 0 N–H and O–H groups in total. The Kier molecular flexibility index (Phi) is 5.98. The molecule has 2 aromatic rings. The molecule has 0 radical (unpaired) electrons. The monoisotopic (exact) mass is 426 g/mol. The van der Waals surface area contributed by atoms with Crippen LogP contribution in [0.3, 0.4) is 0 Å². The van der Waals surface area contributed by atoms with E-state index in [0.717, 1.165) is 37.7 Å². The molecule has 5 nitrogen and oxygen atoms in total. The summed E-state index contributed by atoms with van der Waals surface area (Å²) in [6.45, 7) is 5.25. The molecule has 1 amide bonds. The van der Waals surface area contributed by atoms with E-state index in [1.54, 1.807) is 28.6 Å². The van der Waals surface area contributed by atoms with E-state index in [4.69, 9.17) is 0 Å². The lowest BCUT2D eigenvalue weighted by molar-refractivity contribution is 0.0735. The summed E-state index contributed by atoms with van der Waals surface area (Å²) < 4.78 is 28.0. The molecule has 2 heterocycles. The Morgan fingerprint density at radius 1 is 0.967 bits per heavy atom. The Morgan fingerprint density at radius 2 is 1.73 bits per heavy atom. The largest absolute Gasteiger partial charge is 0.332 e. The van der Waals surface area contributed by atoms with E-state index in [1.807, 2.05) is 11.8 Å². The van der Waals surface area contributed by atoms with Crippen LogP contribution in [0, 0.1) is 6.92 Å². The van der Waals surface area contributed by atoms with Crippen molar-refractivity contribution in [3.8, 4) is 0 Å². The molecule has 0 aromatic heterocycles. The molecule has 0 saturated carbocycles. The lowest BCUT2D eigenvalue weighted by Gasteiger charge is -2.32. The zero-order chi connectivity index (χ0) is 21.3. The van der Waals surface area contributed by atoms with Gasteiger partial charge < -0.3 is 4.90 Å². The van der Waals surface area contributed by atoms with Gasteiger partial charge in [0, 0.05) is 24.7 Å². The average Bonchev–Trinajstić information content (AvgIpc) is 3.24. The van der Waals surface area contributed by atoms with Gasteiger partial charge in [-0.05, 0) is 63.3 Å². The van der Waals surface area contributed by atoms with Gasteiger partial charge in [-0.1, -0.05) is 42.3 Å². The van der Waals surface area contributed by atoms with Gasteiger partial charge in [0.1, 0.15) is 0 Å². The van der Waals surface area contributed by atoms with E-state index in [-0.39, 0.29) is 22.9 Å². The van der Waals surface area contributed by atoms with Crippen molar-refractivity contribution in [2.24, 2.45) is 0 Å². The van der Waals surface area contributed by atoms with Crippen molar-refractivity contribution in [1.82, 2.24) is 9.21 Å². The minimum atomic E-state index is -3.60. The molecular weight excluding hydrogens is 396 g/mol. The number of hydrogen-bond acceptors (Lipinski definition) is 3. The predicted molar refractivity (Wildman–Crippen MR) is 118 cm³/mol. The first-order valence-electron chi connectivity index (χ1n) is 10.9. The van der Waals surface area contributed by atoms with Crippen LogP contribution < -0.4 is 0 Å². The summed E-state index contributed by atoms with van der Waals surface area (Å²) in [6.07, 6.45) is 4.70. The van der Waals surface area contributed by atoms with Gasteiger partial charge in [-0.15, -0.1) is 0 Å². The minimum Gasteiger partial charge on any atom is -0.332 e. The minimum absolute atomic E-state index is 0.00684. The van der Waals surface area contributed by atoms with Crippen molar-refractivity contribution in [2.75, 3.05) is 13.1 Å². The second kappa shape index (κ2) is 8.52. The Labute approximate surface area is 179 Å². The molecule has 2 atom stereocenters. The Hall–Kier alpha value is -2.18. The number of carbonyl (C=O) groups is 1. The molecule has 0 aliphatic carbocycles. The van der Waals surface area contributed by atoms with Gasteiger partial charge in [-0.25, -0.2) is 8.42 Å². The van der Waals surface area contributed by atoms with Gasteiger partial charge >= 0.3 is 0 Å². The summed E-state index contributed by atoms with van der Waals surface area (Å²) in [5.74, 6) is -0.0955. The molecule has 2 saturated heterocycles. The van der Waals surface area contributed by atoms with Crippen LogP contribution in [-0.4, -0.2) is 42.7 Å². The fourth-order valence-electron chi connectivity index (χ4n) is 4.66. The van der Waals surface area contributed by atoms with Crippen LogP contribution in [-0.2, 0) is 10.0 Å². The van der Waals surface area contributed by atoms with E-state index in [2.05, 4.69) is 31.2 Å². The molecule has 6 heteroatoms. The van der Waals surface area contributed by atoms with E-state index in [1.165, 1.54) is 5.56 Å². The number of benzene rings is 2. The molecule has 2 aromatic carbocycles. The van der Waals surface area contributed by atoms with Crippen molar-refractivity contribution >= 4 is 15.9 Å². The number of piperidine rings is 1. The van der Waals surface area contributed by atoms with Crippen LogP contribution >= 0.6 is 0 Å². The number of hydrogen-bond donors (Lipinski definition) is 0. The third-order valence-corrected chi connectivity index (χ3v) is 8.41. The number of sulfonamides is 1. The Bertz CT molecular complexity index is 1020. The van der Waals surface area contributed by atoms with Gasteiger partial charge in [0.15, 0.2) is 0 Å². The number of carbonyl (C=O) groups excluding carboxylic acids is 1. The van der Waals surface area contributed by atoms with Crippen molar-refractivity contribution in [3.05, 3.63) is 65.2 Å². The highest BCUT2D eigenvalue weighted by Gasteiger charge is 2.33. The summed E-state index contributed by atoms with van der Waals surface area (Å²) in [5, 5.41) is 0. The summed E-state index contributed by atoms with van der Waals surface area (Å²) in [7, 11) is -3.60. The molecule has 0 spiro atoms. The Morgan fingerprint density at radius 3 is 2.47 bits per heavy atom. The zero-order valence-corrected chi connectivity index (χ0v) is 18.6. The summed E-state index contributed by atoms with van der Waals surface area (Å²) in [6, 6.07) is 14.9. The van der Waals surface area contributed by atoms with Crippen LogP contribution in [0.2, 0.25) is 0 Å². The highest BCUT2D eigenvalue weighted by molar-refractivity contribution is 7.89. The third kappa shape index (κ3) is 4.03. The van der Waals surface area contributed by atoms with Gasteiger partial charge in [0.2, 0.25) is 10.0 Å². The lowest BCUT2D eigenvalue weighted by atomic mass is 10.0. The van der Waals surface area contributed by atoms with Crippen LogP contribution in [0.4, 0.5) is 0 Å². The fourth-order valence-corrected chi connectivity index (χ4v) is 6.41. The standard InChI is InChI=1S/C24H30N2O3S/c1-18-11-13-20(14-12-18)23-10-6-15-25(23)24(27)21-8-5-9-22(17-21)30(28,29)26-16-4-3-7-19(26)2/h5,8-9,11-14,17,19,23H,3-4,6-7,10,15-16H2,1-2H3. The number of nitrogens with zero attached hydrogens (tertiary/aromatic N) is 2. The number of aryl methyl sites for hydroxylation is 1. The second-order valence-corrected chi connectivity index (χ2v) is 10.4. The highest BCUT2D eigenvalue weighted by atomic mass is 32.2. The normalized spacial score (nSPS) is 22.9. The molecular formula is C24H30N2O3S. The van der Waals surface area contributed by atoms with Crippen LogP contribution in [0.25, 0.3) is 0 Å². The van der Waals surface area contributed by atoms with Crippen molar-refractivity contribution in [1.29, 1.82) is 0 Å². The van der Waals surface area contributed by atoms with E-state index in [9.17, 15) is 13.2 Å². The molecule has 0 bridgehead atoms. The maximum Gasteiger partial charge on any atom is 0.254 e. The number of rotatable bonds is 4. The summed E-state index contributed by atoms with van der Waals surface area (Å²) in [5.41, 5.74) is 2.77. The van der Waals surface area contributed by atoms with Crippen LogP contribution in [0.15, 0.2) is 53.4 Å². The van der Waals surface area contributed by atoms with E-state index >= 15 is 0 Å². The molecule has 4 rings (SSSR count). The fraction of sp³-hybridized carbons (Fsp3) is 0.458.